The van der Waals surface area contributed by atoms with Crippen molar-refractivity contribution in [3.8, 4) is 0 Å². The van der Waals surface area contributed by atoms with Gasteiger partial charge in [0.15, 0.2) is 0 Å². The monoisotopic (exact) mass is 370 g/mol. The maximum atomic E-state index is 12.1. The highest BCUT2D eigenvalue weighted by molar-refractivity contribution is 5.72. The molecule has 2 aliphatic rings. The van der Waals surface area contributed by atoms with Crippen molar-refractivity contribution in [1.29, 1.82) is 0 Å². The van der Waals surface area contributed by atoms with Crippen molar-refractivity contribution in [3.05, 3.63) is 0 Å². The minimum Gasteiger partial charge on any atom is -0.466 e. The van der Waals surface area contributed by atoms with E-state index >= 15 is 0 Å². The maximum Gasteiger partial charge on any atom is 0.410 e. The van der Waals surface area contributed by atoms with Gasteiger partial charge < -0.3 is 19.3 Å². The van der Waals surface area contributed by atoms with Gasteiger partial charge in [0.2, 0.25) is 0 Å². The fourth-order valence-electron chi connectivity index (χ4n) is 4.16. The second-order valence-electron chi connectivity index (χ2n) is 6.99. The summed E-state index contributed by atoms with van der Waals surface area (Å²) in [6.07, 6.45) is 3.48. The molecule has 0 saturated carbocycles. The van der Waals surface area contributed by atoms with E-state index in [1.54, 1.807) is 0 Å². The Bertz CT molecular complexity index is 424. The number of ether oxygens (including phenoxy) is 2. The summed E-state index contributed by atoms with van der Waals surface area (Å²) in [6, 6.07) is 0.838. The molecular weight excluding hydrogens is 332 g/mol. The van der Waals surface area contributed by atoms with Crippen LogP contribution in [0.2, 0.25) is 0 Å². The molecule has 6 heteroatoms. The quantitative estimate of drug-likeness (QED) is 0.707. The highest BCUT2D eigenvalue weighted by Gasteiger charge is 2.38. The largest absolute Gasteiger partial charge is 0.466 e. The minimum atomic E-state index is -0.197. The van der Waals surface area contributed by atoms with E-state index in [-0.39, 0.29) is 30.1 Å². The average Bonchev–Trinajstić information content (AvgIpc) is 2.63. The predicted molar refractivity (Wildman–Crippen MR) is 103 cm³/mol. The van der Waals surface area contributed by atoms with Crippen molar-refractivity contribution in [2.24, 2.45) is 5.92 Å². The SMILES string of the molecule is CC.CCOC(=O)C1CCN(C2CC(C)N(C(=O)OCC)C(C)C2)CC1. The Hall–Kier alpha value is -1.30. The van der Waals surface area contributed by atoms with Crippen molar-refractivity contribution in [1.82, 2.24) is 9.80 Å². The van der Waals surface area contributed by atoms with Crippen LogP contribution < -0.4 is 0 Å². The molecule has 0 aliphatic carbocycles. The van der Waals surface area contributed by atoms with Gasteiger partial charge in [-0.2, -0.15) is 0 Å². The smallest absolute Gasteiger partial charge is 0.410 e. The highest BCUT2D eigenvalue weighted by atomic mass is 16.6. The van der Waals surface area contributed by atoms with Crippen molar-refractivity contribution < 1.29 is 19.1 Å². The molecule has 0 radical (unpaired) electrons. The lowest BCUT2D eigenvalue weighted by Gasteiger charge is -2.46. The summed E-state index contributed by atoms with van der Waals surface area (Å²) in [5.41, 5.74) is 0. The van der Waals surface area contributed by atoms with Crippen LogP contribution in [0.4, 0.5) is 4.79 Å². The van der Waals surface area contributed by atoms with E-state index in [1.165, 1.54) is 0 Å². The van der Waals surface area contributed by atoms with E-state index in [2.05, 4.69) is 18.7 Å². The summed E-state index contributed by atoms with van der Waals surface area (Å²) in [5.74, 6) is 0.00619. The molecule has 2 saturated heterocycles. The van der Waals surface area contributed by atoms with Gasteiger partial charge in [-0.05, 0) is 66.5 Å². The number of likely N-dealkylation sites (tertiary alicyclic amines) is 2. The summed E-state index contributed by atoms with van der Waals surface area (Å²) < 4.78 is 10.3. The fourth-order valence-corrected chi connectivity index (χ4v) is 4.16. The van der Waals surface area contributed by atoms with Gasteiger partial charge in [-0.15, -0.1) is 0 Å². The van der Waals surface area contributed by atoms with Crippen LogP contribution >= 0.6 is 0 Å². The topological polar surface area (TPSA) is 59.1 Å². The van der Waals surface area contributed by atoms with Crippen LogP contribution in [0.5, 0.6) is 0 Å². The first-order chi connectivity index (χ1) is 12.5. The van der Waals surface area contributed by atoms with Crippen molar-refractivity contribution in [2.75, 3.05) is 26.3 Å². The van der Waals surface area contributed by atoms with Crippen molar-refractivity contribution >= 4 is 12.1 Å². The Kier molecular flexibility index (Phi) is 9.99. The number of carbonyl (C=O) groups excluding carboxylic acids is 2. The zero-order valence-electron chi connectivity index (χ0n) is 17.5. The number of hydrogen-bond acceptors (Lipinski definition) is 5. The summed E-state index contributed by atoms with van der Waals surface area (Å²) >= 11 is 0. The maximum absolute atomic E-state index is 12.1. The predicted octanol–water partition coefficient (Wildman–Crippen LogP) is 3.69. The molecule has 0 aromatic heterocycles. The molecule has 2 atom stereocenters. The highest BCUT2D eigenvalue weighted by Crippen LogP contribution is 2.30. The van der Waals surface area contributed by atoms with Crippen molar-refractivity contribution in [2.45, 2.75) is 85.4 Å². The first-order valence-corrected chi connectivity index (χ1v) is 10.3. The number of esters is 1. The van der Waals surface area contributed by atoms with Gasteiger partial charge in [0.25, 0.3) is 0 Å². The number of piperidine rings is 2. The minimum absolute atomic E-state index is 0.0454. The Morgan fingerprint density at radius 1 is 0.923 bits per heavy atom. The third-order valence-electron chi connectivity index (χ3n) is 5.32. The lowest BCUT2D eigenvalue weighted by Crippen LogP contribution is -2.56. The standard InChI is InChI=1S/C18H32N2O4.C2H6/c1-5-23-17(21)15-7-9-19(10-8-15)16-11-13(3)20(14(4)12-16)18(22)24-6-2;1-2/h13-16H,5-12H2,1-4H3;1-2H3. The molecule has 1 amide bonds. The number of nitrogens with zero attached hydrogens (tertiary/aromatic N) is 2. The number of rotatable bonds is 4. The van der Waals surface area contributed by atoms with Gasteiger partial charge >= 0.3 is 12.1 Å². The van der Waals surface area contributed by atoms with E-state index in [0.29, 0.717) is 19.3 Å². The second kappa shape index (κ2) is 11.4. The number of amides is 1. The number of carbonyl (C=O) groups is 2. The summed E-state index contributed by atoms with van der Waals surface area (Å²) in [7, 11) is 0. The lowest BCUT2D eigenvalue weighted by atomic mass is 9.89. The Morgan fingerprint density at radius 3 is 1.88 bits per heavy atom. The molecule has 6 nitrogen and oxygen atoms in total. The van der Waals surface area contributed by atoms with Gasteiger partial charge in [-0.3, -0.25) is 4.79 Å². The van der Waals surface area contributed by atoms with Crippen LogP contribution in [0.25, 0.3) is 0 Å². The molecule has 2 unspecified atom stereocenters. The fraction of sp³-hybridized carbons (Fsp3) is 0.900. The van der Waals surface area contributed by atoms with Crippen LogP contribution in [0.15, 0.2) is 0 Å². The lowest BCUT2D eigenvalue weighted by molar-refractivity contribution is -0.150. The van der Waals surface area contributed by atoms with Gasteiger partial charge in [-0.25, -0.2) is 4.79 Å². The molecular formula is C20H38N2O4. The summed E-state index contributed by atoms with van der Waals surface area (Å²) in [6.45, 7) is 14.6. The first kappa shape index (κ1) is 22.7. The average molecular weight is 371 g/mol. The van der Waals surface area contributed by atoms with Gasteiger partial charge in [0, 0.05) is 18.1 Å². The van der Waals surface area contributed by atoms with Crippen molar-refractivity contribution in [3.63, 3.8) is 0 Å². The molecule has 2 aliphatic heterocycles. The Balaban J connectivity index is 0.00000163. The van der Waals surface area contributed by atoms with E-state index in [1.807, 2.05) is 32.6 Å². The first-order valence-electron chi connectivity index (χ1n) is 10.3. The Morgan fingerprint density at radius 2 is 1.42 bits per heavy atom. The summed E-state index contributed by atoms with van der Waals surface area (Å²) in [5, 5.41) is 0. The molecule has 0 spiro atoms. The molecule has 0 aromatic rings. The van der Waals surface area contributed by atoms with Gasteiger partial charge in [0.1, 0.15) is 0 Å². The molecule has 26 heavy (non-hydrogen) atoms. The Labute approximate surface area is 159 Å². The molecule has 2 rings (SSSR count). The van der Waals surface area contributed by atoms with Crippen LogP contribution in [-0.4, -0.2) is 66.3 Å². The molecule has 0 bridgehead atoms. The molecule has 2 heterocycles. The van der Waals surface area contributed by atoms with Crippen LogP contribution in [0.3, 0.4) is 0 Å². The van der Waals surface area contributed by atoms with E-state index < -0.39 is 0 Å². The van der Waals surface area contributed by atoms with Crippen LogP contribution in [0, 0.1) is 5.92 Å². The van der Waals surface area contributed by atoms with E-state index in [4.69, 9.17) is 9.47 Å². The zero-order chi connectivity index (χ0) is 19.7. The third kappa shape index (κ3) is 5.86. The summed E-state index contributed by atoms with van der Waals surface area (Å²) in [4.78, 5) is 28.4. The van der Waals surface area contributed by atoms with E-state index in [9.17, 15) is 9.59 Å². The van der Waals surface area contributed by atoms with Gasteiger partial charge in [-0.1, -0.05) is 13.8 Å². The third-order valence-corrected chi connectivity index (χ3v) is 5.32. The molecule has 0 aromatic carbocycles. The van der Waals surface area contributed by atoms with E-state index in [0.717, 1.165) is 38.8 Å². The molecule has 2 fully saturated rings. The molecule has 152 valence electrons. The molecule has 0 N–H and O–H groups in total. The number of hydrogen-bond donors (Lipinski definition) is 0. The van der Waals surface area contributed by atoms with Crippen LogP contribution in [0.1, 0.15) is 67.2 Å². The van der Waals surface area contributed by atoms with Crippen LogP contribution in [-0.2, 0) is 14.3 Å². The second-order valence-corrected chi connectivity index (χ2v) is 6.99. The normalized spacial score (nSPS) is 27.3. The zero-order valence-corrected chi connectivity index (χ0v) is 17.5. The van der Waals surface area contributed by atoms with Gasteiger partial charge in [0.05, 0.1) is 19.1 Å².